The van der Waals surface area contributed by atoms with Crippen molar-refractivity contribution in [3.05, 3.63) is 48.1 Å². The van der Waals surface area contributed by atoms with Gasteiger partial charge in [-0.1, -0.05) is 17.3 Å². The van der Waals surface area contributed by atoms with E-state index >= 15 is 0 Å². The minimum atomic E-state index is -0.366. The summed E-state index contributed by atoms with van der Waals surface area (Å²) in [4.78, 5) is 16.5. The number of halogens is 1. The van der Waals surface area contributed by atoms with E-state index in [0.29, 0.717) is 17.3 Å². The highest BCUT2D eigenvalue weighted by molar-refractivity contribution is 5.79. The summed E-state index contributed by atoms with van der Waals surface area (Å²) in [5, 5.41) is 6.80. The molecule has 5 nitrogen and oxygen atoms in total. The van der Waals surface area contributed by atoms with Crippen molar-refractivity contribution in [2.45, 2.75) is 32.2 Å². The Bertz CT molecular complexity index is 709. The molecule has 0 aliphatic heterocycles. The quantitative estimate of drug-likeness (QED) is 0.878. The number of benzene rings is 1. The Hall–Kier alpha value is -2.50. The van der Waals surface area contributed by atoms with Gasteiger partial charge in [-0.3, -0.25) is 4.79 Å². The molecule has 6 heteroatoms. The molecule has 1 amide bonds. The highest BCUT2D eigenvalue weighted by Gasteiger charge is 2.23. The average molecular weight is 315 g/mol. The van der Waals surface area contributed by atoms with E-state index in [2.05, 4.69) is 21.5 Å². The smallest absolute Gasteiger partial charge is 0.249 e. The van der Waals surface area contributed by atoms with Crippen molar-refractivity contribution in [3.63, 3.8) is 0 Å². The average Bonchev–Trinajstić information content (AvgIpc) is 3.06. The van der Waals surface area contributed by atoms with Crippen LogP contribution in [-0.2, 0) is 4.79 Å². The molecule has 1 aliphatic carbocycles. The van der Waals surface area contributed by atoms with Crippen LogP contribution in [0.5, 0.6) is 0 Å². The first kappa shape index (κ1) is 15.4. The molecule has 0 saturated heterocycles. The maximum atomic E-state index is 12.9. The van der Waals surface area contributed by atoms with Gasteiger partial charge < -0.3 is 9.84 Å². The molecule has 0 unspecified atom stereocenters. The summed E-state index contributed by atoms with van der Waals surface area (Å²) in [5.74, 6) is 0.399. The van der Waals surface area contributed by atoms with Crippen molar-refractivity contribution in [2.24, 2.45) is 5.92 Å². The van der Waals surface area contributed by atoms with Gasteiger partial charge in [0.2, 0.25) is 17.6 Å². The summed E-state index contributed by atoms with van der Waals surface area (Å²) in [7, 11) is 0. The van der Waals surface area contributed by atoms with Crippen LogP contribution in [0.25, 0.3) is 11.4 Å². The van der Waals surface area contributed by atoms with Crippen molar-refractivity contribution >= 4 is 5.91 Å². The summed E-state index contributed by atoms with van der Waals surface area (Å²) in [5.41, 5.74) is 0.664. The molecule has 1 aromatic heterocycles. The van der Waals surface area contributed by atoms with Crippen LogP contribution in [-0.4, -0.2) is 16.0 Å². The number of hydrogen-bond donors (Lipinski definition) is 1. The maximum absolute atomic E-state index is 12.9. The number of nitrogens with one attached hydrogen (secondary N) is 1. The number of carbonyl (C=O) groups is 1. The Morgan fingerprint density at radius 1 is 1.35 bits per heavy atom. The van der Waals surface area contributed by atoms with Crippen LogP contribution in [0, 0.1) is 11.7 Å². The van der Waals surface area contributed by atoms with Crippen LogP contribution in [0.1, 0.15) is 38.1 Å². The van der Waals surface area contributed by atoms with Crippen LogP contribution in [0.2, 0.25) is 0 Å². The van der Waals surface area contributed by atoms with Gasteiger partial charge >= 0.3 is 0 Å². The monoisotopic (exact) mass is 315 g/mol. The van der Waals surface area contributed by atoms with Crippen LogP contribution < -0.4 is 5.32 Å². The van der Waals surface area contributed by atoms with E-state index in [4.69, 9.17) is 4.52 Å². The molecule has 2 aromatic rings. The Kier molecular flexibility index (Phi) is 4.50. The molecule has 1 heterocycles. The number of hydrogen-bond acceptors (Lipinski definition) is 4. The zero-order valence-corrected chi connectivity index (χ0v) is 12.8. The Morgan fingerprint density at radius 3 is 2.83 bits per heavy atom. The van der Waals surface area contributed by atoms with E-state index in [9.17, 15) is 9.18 Å². The second kappa shape index (κ2) is 6.73. The van der Waals surface area contributed by atoms with Crippen LogP contribution >= 0.6 is 0 Å². The lowest BCUT2D eigenvalue weighted by molar-refractivity contribution is -0.126. The minimum Gasteiger partial charge on any atom is -0.344 e. The molecule has 0 bridgehead atoms. The van der Waals surface area contributed by atoms with Crippen LogP contribution in [0.3, 0.4) is 0 Å². The molecule has 2 atom stereocenters. The highest BCUT2D eigenvalue weighted by atomic mass is 19.1. The van der Waals surface area contributed by atoms with Gasteiger partial charge in [-0.25, -0.2) is 4.39 Å². The zero-order valence-electron chi connectivity index (χ0n) is 12.8. The number of rotatable bonds is 4. The van der Waals surface area contributed by atoms with Gasteiger partial charge in [-0.05, 0) is 50.5 Å². The molecule has 23 heavy (non-hydrogen) atoms. The predicted octanol–water partition coefficient (Wildman–Crippen LogP) is 3.41. The van der Waals surface area contributed by atoms with Gasteiger partial charge in [0.1, 0.15) is 11.9 Å². The van der Waals surface area contributed by atoms with Crippen molar-refractivity contribution in [2.75, 3.05) is 0 Å². The van der Waals surface area contributed by atoms with Crippen molar-refractivity contribution in [1.29, 1.82) is 0 Å². The third-order valence-electron chi connectivity index (χ3n) is 3.91. The molecule has 0 fully saturated rings. The number of amides is 1. The molecule has 0 radical (unpaired) electrons. The Labute approximate surface area is 133 Å². The summed E-state index contributed by atoms with van der Waals surface area (Å²) in [6, 6.07) is 5.49. The van der Waals surface area contributed by atoms with E-state index in [1.54, 1.807) is 19.1 Å². The van der Waals surface area contributed by atoms with E-state index < -0.39 is 0 Å². The van der Waals surface area contributed by atoms with Gasteiger partial charge in [-0.15, -0.1) is 0 Å². The lowest BCUT2D eigenvalue weighted by Crippen LogP contribution is -2.33. The fourth-order valence-corrected chi connectivity index (χ4v) is 2.55. The first-order valence-electron chi connectivity index (χ1n) is 7.68. The van der Waals surface area contributed by atoms with Crippen LogP contribution in [0.4, 0.5) is 4.39 Å². The van der Waals surface area contributed by atoms with Gasteiger partial charge in [-0.2, -0.15) is 4.98 Å². The molecular weight excluding hydrogens is 297 g/mol. The zero-order chi connectivity index (χ0) is 16.2. The third-order valence-corrected chi connectivity index (χ3v) is 3.91. The van der Waals surface area contributed by atoms with E-state index in [1.165, 1.54) is 12.1 Å². The molecule has 1 N–H and O–H groups in total. The molecule has 1 aromatic carbocycles. The fraction of sp³-hybridized carbons (Fsp3) is 0.353. The molecule has 3 rings (SSSR count). The first-order chi connectivity index (χ1) is 11.1. The van der Waals surface area contributed by atoms with Gasteiger partial charge in [0.05, 0.1) is 0 Å². The SMILES string of the molecule is C[C@@H](NC(=O)[C@H]1CC=CCC1)c1nc(-c2ccc(F)cc2)no1. The van der Waals surface area contributed by atoms with Crippen molar-refractivity contribution < 1.29 is 13.7 Å². The molecule has 0 saturated carbocycles. The van der Waals surface area contributed by atoms with Crippen molar-refractivity contribution in [1.82, 2.24) is 15.5 Å². The van der Waals surface area contributed by atoms with E-state index in [-0.39, 0.29) is 23.7 Å². The van der Waals surface area contributed by atoms with Gasteiger partial charge in [0, 0.05) is 11.5 Å². The summed E-state index contributed by atoms with van der Waals surface area (Å²) < 4.78 is 18.2. The Balaban J connectivity index is 1.66. The number of aromatic nitrogens is 2. The maximum Gasteiger partial charge on any atom is 0.249 e. The van der Waals surface area contributed by atoms with Gasteiger partial charge in [0.25, 0.3) is 0 Å². The topological polar surface area (TPSA) is 68.0 Å². The summed E-state index contributed by atoms with van der Waals surface area (Å²) in [6.07, 6.45) is 6.70. The Morgan fingerprint density at radius 2 is 2.13 bits per heavy atom. The second-order valence-corrected chi connectivity index (χ2v) is 5.67. The van der Waals surface area contributed by atoms with E-state index in [1.807, 2.05) is 6.08 Å². The van der Waals surface area contributed by atoms with E-state index in [0.717, 1.165) is 19.3 Å². The molecule has 0 spiro atoms. The minimum absolute atomic E-state index is 0.00180. The predicted molar refractivity (Wildman–Crippen MR) is 82.7 cm³/mol. The molecule has 1 aliphatic rings. The first-order valence-corrected chi connectivity index (χ1v) is 7.68. The largest absolute Gasteiger partial charge is 0.344 e. The standard InChI is InChI=1S/C17H18FN3O2/c1-11(19-16(22)13-5-3-2-4-6-13)17-20-15(21-23-17)12-7-9-14(18)10-8-12/h2-3,7-11,13H,4-6H2,1H3,(H,19,22)/t11-,13+/m1/s1. The van der Waals surface area contributed by atoms with Gasteiger partial charge in [0.15, 0.2) is 0 Å². The van der Waals surface area contributed by atoms with Crippen LogP contribution in [0.15, 0.2) is 40.9 Å². The number of carbonyl (C=O) groups excluding carboxylic acids is 1. The third kappa shape index (κ3) is 3.64. The lowest BCUT2D eigenvalue weighted by Gasteiger charge is -2.19. The number of allylic oxidation sites excluding steroid dienone is 2. The number of nitrogens with zero attached hydrogens (tertiary/aromatic N) is 2. The normalized spacial score (nSPS) is 18.6. The fourth-order valence-electron chi connectivity index (χ4n) is 2.55. The lowest BCUT2D eigenvalue weighted by atomic mass is 9.93. The highest BCUT2D eigenvalue weighted by Crippen LogP contribution is 2.21. The summed E-state index contributed by atoms with van der Waals surface area (Å²) in [6.45, 7) is 1.80. The second-order valence-electron chi connectivity index (χ2n) is 5.67. The molecule has 120 valence electrons. The summed E-state index contributed by atoms with van der Waals surface area (Å²) >= 11 is 0. The molecular formula is C17H18FN3O2. The van der Waals surface area contributed by atoms with Crippen molar-refractivity contribution in [3.8, 4) is 11.4 Å².